The Morgan fingerprint density at radius 2 is 2.06 bits per heavy atom. The van der Waals surface area contributed by atoms with Crippen molar-refractivity contribution in [1.29, 1.82) is 0 Å². The Morgan fingerprint density at radius 3 is 2.50 bits per heavy atom. The van der Waals surface area contributed by atoms with Gasteiger partial charge in [-0.1, -0.05) is 35.8 Å². The Labute approximate surface area is 104 Å². The number of halogens is 1. The van der Waals surface area contributed by atoms with Gasteiger partial charge in [-0.3, -0.25) is 4.79 Å². The molecule has 1 atom stereocenters. The van der Waals surface area contributed by atoms with E-state index in [2.05, 4.69) is 15.9 Å². The molecule has 4 heteroatoms. The minimum absolute atomic E-state index is 0.0209. The van der Waals surface area contributed by atoms with Crippen molar-refractivity contribution in [3.8, 4) is 5.75 Å². The predicted molar refractivity (Wildman–Crippen MR) is 65.9 cm³/mol. The molecule has 3 nitrogen and oxygen atoms in total. The summed E-state index contributed by atoms with van der Waals surface area (Å²) in [5, 5.41) is 9.22. The van der Waals surface area contributed by atoms with Crippen LogP contribution in [0.15, 0.2) is 22.7 Å². The smallest absolute Gasteiger partial charge is 0.311 e. The van der Waals surface area contributed by atoms with Crippen molar-refractivity contribution in [3.05, 3.63) is 28.2 Å². The molecule has 0 heterocycles. The lowest BCUT2D eigenvalue weighted by Gasteiger charge is -2.19. The number of hydrogen-bond donors (Lipinski definition) is 1. The molecule has 0 bridgehead atoms. The van der Waals surface area contributed by atoms with Gasteiger partial charge < -0.3 is 9.84 Å². The van der Waals surface area contributed by atoms with E-state index in [9.17, 15) is 9.90 Å². The fraction of sp³-hybridized carbons (Fsp3) is 0.417. The zero-order valence-electron chi connectivity index (χ0n) is 9.53. The molecular weight excluding hydrogens is 272 g/mol. The van der Waals surface area contributed by atoms with Crippen molar-refractivity contribution in [2.75, 3.05) is 7.11 Å². The molecule has 1 aromatic rings. The van der Waals surface area contributed by atoms with E-state index in [0.717, 1.165) is 4.47 Å². The minimum atomic E-state index is -0.823. The number of rotatable bonds is 4. The first-order valence-corrected chi connectivity index (χ1v) is 5.83. The molecule has 0 aromatic heterocycles. The molecule has 0 fully saturated rings. The summed E-state index contributed by atoms with van der Waals surface area (Å²) >= 11 is 3.33. The van der Waals surface area contributed by atoms with Crippen molar-refractivity contribution >= 4 is 21.9 Å². The molecule has 0 saturated heterocycles. The first-order chi connectivity index (χ1) is 7.47. The number of hydrogen-bond acceptors (Lipinski definition) is 2. The zero-order chi connectivity index (χ0) is 12.3. The number of ether oxygens (including phenoxy) is 1. The van der Waals surface area contributed by atoms with E-state index < -0.39 is 11.9 Å². The second-order valence-electron chi connectivity index (χ2n) is 3.95. The quantitative estimate of drug-likeness (QED) is 0.924. The average Bonchev–Trinajstić information content (AvgIpc) is 2.19. The highest BCUT2D eigenvalue weighted by molar-refractivity contribution is 9.10. The molecule has 0 spiro atoms. The largest absolute Gasteiger partial charge is 0.496 e. The fourth-order valence-corrected chi connectivity index (χ4v) is 2.06. The van der Waals surface area contributed by atoms with Crippen molar-refractivity contribution < 1.29 is 14.6 Å². The highest BCUT2D eigenvalue weighted by Crippen LogP contribution is 2.34. The maximum absolute atomic E-state index is 11.2. The summed E-state index contributed by atoms with van der Waals surface area (Å²) in [7, 11) is 1.55. The van der Waals surface area contributed by atoms with Gasteiger partial charge in [0.2, 0.25) is 0 Å². The van der Waals surface area contributed by atoms with Crippen LogP contribution in [0.25, 0.3) is 0 Å². The second kappa shape index (κ2) is 5.34. The molecule has 0 aliphatic carbocycles. The number of methoxy groups -OCH3 is 1. The molecule has 1 aromatic carbocycles. The van der Waals surface area contributed by atoms with E-state index in [1.165, 1.54) is 0 Å². The number of carbonyl (C=O) groups is 1. The Morgan fingerprint density at radius 1 is 1.44 bits per heavy atom. The van der Waals surface area contributed by atoms with Gasteiger partial charge >= 0.3 is 5.97 Å². The monoisotopic (exact) mass is 286 g/mol. The first kappa shape index (κ1) is 13.0. The maximum Gasteiger partial charge on any atom is 0.311 e. The summed E-state index contributed by atoms with van der Waals surface area (Å²) < 4.78 is 6.09. The molecule has 16 heavy (non-hydrogen) atoms. The van der Waals surface area contributed by atoms with Crippen LogP contribution < -0.4 is 4.74 Å². The first-order valence-electron chi connectivity index (χ1n) is 5.03. The van der Waals surface area contributed by atoms with Gasteiger partial charge in [-0.2, -0.15) is 0 Å². The van der Waals surface area contributed by atoms with Crippen LogP contribution in [0, 0.1) is 5.92 Å². The van der Waals surface area contributed by atoms with Crippen LogP contribution in [-0.2, 0) is 4.79 Å². The van der Waals surface area contributed by atoms with Crippen LogP contribution in [-0.4, -0.2) is 18.2 Å². The molecule has 1 rings (SSSR count). The van der Waals surface area contributed by atoms with E-state index >= 15 is 0 Å². The van der Waals surface area contributed by atoms with Gasteiger partial charge in [0.15, 0.2) is 0 Å². The Bertz CT molecular complexity index is 388. The summed E-state index contributed by atoms with van der Waals surface area (Å²) in [4.78, 5) is 11.2. The van der Waals surface area contributed by atoms with Gasteiger partial charge in [-0.05, 0) is 18.1 Å². The van der Waals surface area contributed by atoms with Gasteiger partial charge in [0, 0.05) is 10.0 Å². The van der Waals surface area contributed by atoms with Crippen LogP contribution in [0.3, 0.4) is 0 Å². The normalized spacial score (nSPS) is 12.6. The summed E-state index contributed by atoms with van der Waals surface area (Å²) in [5.41, 5.74) is 0.716. The average molecular weight is 287 g/mol. The lowest BCUT2D eigenvalue weighted by atomic mass is 9.88. The van der Waals surface area contributed by atoms with Crippen LogP contribution >= 0.6 is 15.9 Å². The number of benzene rings is 1. The van der Waals surface area contributed by atoms with Crippen LogP contribution in [0.4, 0.5) is 0 Å². The predicted octanol–water partition coefficient (Wildman–Crippen LogP) is 3.28. The van der Waals surface area contributed by atoms with Gasteiger partial charge in [0.05, 0.1) is 13.0 Å². The van der Waals surface area contributed by atoms with E-state index in [4.69, 9.17) is 4.74 Å². The number of aliphatic carboxylic acids is 1. The van der Waals surface area contributed by atoms with Gasteiger partial charge in [0.25, 0.3) is 0 Å². The molecule has 0 aliphatic rings. The fourth-order valence-electron chi connectivity index (χ4n) is 1.72. The lowest BCUT2D eigenvalue weighted by molar-refractivity contribution is -0.139. The van der Waals surface area contributed by atoms with Crippen LogP contribution in [0.2, 0.25) is 0 Å². The third-order valence-corrected chi connectivity index (χ3v) is 2.96. The SMILES string of the molecule is COc1cc(Br)ccc1C(C(=O)O)C(C)C. The number of carboxylic acids is 1. The summed E-state index contributed by atoms with van der Waals surface area (Å²) in [6.45, 7) is 3.78. The van der Waals surface area contributed by atoms with Gasteiger partial charge in [0.1, 0.15) is 5.75 Å². The van der Waals surface area contributed by atoms with E-state index in [1.807, 2.05) is 19.9 Å². The van der Waals surface area contributed by atoms with Crippen LogP contribution in [0.1, 0.15) is 25.3 Å². The standard InChI is InChI=1S/C12H15BrO3/c1-7(2)11(12(14)15)9-5-4-8(13)6-10(9)16-3/h4-7,11H,1-3H3,(H,14,15). The molecule has 88 valence electrons. The molecule has 0 radical (unpaired) electrons. The summed E-state index contributed by atoms with van der Waals surface area (Å²) in [6.07, 6.45) is 0. The molecule has 1 unspecified atom stereocenters. The molecule has 1 N–H and O–H groups in total. The van der Waals surface area contributed by atoms with E-state index in [1.54, 1.807) is 19.2 Å². The van der Waals surface area contributed by atoms with Gasteiger partial charge in [-0.25, -0.2) is 0 Å². The number of carboxylic acid groups (broad SMARTS) is 1. The van der Waals surface area contributed by atoms with E-state index in [-0.39, 0.29) is 5.92 Å². The molecular formula is C12H15BrO3. The van der Waals surface area contributed by atoms with Crippen molar-refractivity contribution in [1.82, 2.24) is 0 Å². The Hall–Kier alpha value is -1.03. The van der Waals surface area contributed by atoms with Crippen LogP contribution in [0.5, 0.6) is 5.75 Å². The van der Waals surface area contributed by atoms with E-state index in [0.29, 0.717) is 11.3 Å². The minimum Gasteiger partial charge on any atom is -0.496 e. The summed E-state index contributed by atoms with van der Waals surface area (Å²) in [5.74, 6) is -0.735. The highest BCUT2D eigenvalue weighted by Gasteiger charge is 2.26. The molecule has 0 amide bonds. The molecule has 0 saturated carbocycles. The Balaban J connectivity index is 3.23. The zero-order valence-corrected chi connectivity index (χ0v) is 11.1. The maximum atomic E-state index is 11.2. The summed E-state index contributed by atoms with van der Waals surface area (Å²) in [6, 6.07) is 5.41. The van der Waals surface area contributed by atoms with Gasteiger partial charge in [-0.15, -0.1) is 0 Å². The second-order valence-corrected chi connectivity index (χ2v) is 4.86. The third kappa shape index (κ3) is 2.76. The van der Waals surface area contributed by atoms with Crippen molar-refractivity contribution in [2.45, 2.75) is 19.8 Å². The third-order valence-electron chi connectivity index (χ3n) is 2.46. The highest BCUT2D eigenvalue weighted by atomic mass is 79.9. The molecule has 0 aliphatic heterocycles. The Kier molecular flexibility index (Phi) is 4.35. The van der Waals surface area contributed by atoms with Crippen molar-refractivity contribution in [2.24, 2.45) is 5.92 Å². The lowest BCUT2D eigenvalue weighted by Crippen LogP contribution is -2.18. The topological polar surface area (TPSA) is 46.5 Å². The van der Waals surface area contributed by atoms with Crippen molar-refractivity contribution in [3.63, 3.8) is 0 Å².